The van der Waals surface area contributed by atoms with Crippen LogP contribution in [0.1, 0.15) is 0 Å². The van der Waals surface area contributed by atoms with Crippen LogP contribution in [0, 0.1) is 0 Å². The average Bonchev–Trinajstić information content (AvgIpc) is 0.391. The first-order valence-corrected chi connectivity index (χ1v) is 8.05. The Balaban J connectivity index is 0.000000144. The van der Waals surface area contributed by atoms with Crippen molar-refractivity contribution in [2.45, 2.75) is 0 Å². The zero-order chi connectivity index (χ0) is 3.81. The van der Waals surface area contributed by atoms with Gasteiger partial charge in [-0.15, -0.1) is 0 Å². The summed E-state index contributed by atoms with van der Waals surface area (Å²) in [5.41, 5.74) is 0. The van der Waals surface area contributed by atoms with Crippen molar-refractivity contribution < 1.29 is 4.70 Å². The first-order valence-electron chi connectivity index (χ1n) is 2.68. The van der Waals surface area contributed by atoms with Crippen molar-refractivity contribution in [1.29, 1.82) is 0 Å². The van der Waals surface area contributed by atoms with Crippen LogP contribution in [0.4, 0.5) is 4.70 Å². The van der Waals surface area contributed by atoms with Gasteiger partial charge in [0.15, 0.2) is 0 Å². The Kier molecular flexibility index (Phi) is 0.432. The second-order valence-corrected chi connectivity index (χ2v) is 17.5. The molecule has 9 heavy (non-hydrogen) atoms. The minimum absolute atomic E-state index is 0. The summed E-state index contributed by atoms with van der Waals surface area (Å²) in [5, 5.41) is 0. The fraction of sp³-hybridized carbons (Fsp3) is 0. The van der Waals surface area contributed by atoms with E-state index in [4.69, 9.17) is 0 Å². The molecule has 13 aliphatic rings. The van der Waals surface area contributed by atoms with Gasteiger partial charge in [0, 0.05) is 0 Å². The molecule has 13 rings (SSSR count). The maximum atomic E-state index is 2.98. The molecule has 9 heteroatoms. The van der Waals surface area contributed by atoms with E-state index >= 15 is 0 Å². The molecule has 0 radical (unpaired) electrons. The molecular formula is H3CaFN4Si3. The van der Waals surface area contributed by atoms with E-state index in [-0.39, 0.29) is 42.4 Å². The van der Waals surface area contributed by atoms with E-state index in [9.17, 15) is 0 Å². The number of hydrogen-bond acceptors (Lipinski definition) is 4. The number of rotatable bonds is 0. The molecule has 7 bridgehead atoms. The van der Waals surface area contributed by atoms with Crippen LogP contribution in [-0.4, -0.2) is 79.5 Å². The minimum atomic E-state index is -0.611. The number of halogens is 1. The van der Waals surface area contributed by atoms with Crippen LogP contribution in [0.2, 0.25) is 0 Å². The summed E-state index contributed by atoms with van der Waals surface area (Å²) in [7, 11) is -1.83. The van der Waals surface area contributed by atoms with E-state index in [1.165, 1.54) is 0 Å². The van der Waals surface area contributed by atoms with Crippen molar-refractivity contribution in [1.82, 2.24) is 15.6 Å². The van der Waals surface area contributed by atoms with Gasteiger partial charge in [-0.2, -0.15) is 0 Å². The van der Waals surface area contributed by atoms with Crippen LogP contribution in [0.3, 0.4) is 0 Å². The second-order valence-electron chi connectivity index (χ2n) is 3.14. The molecule has 13 fully saturated rings. The molecule has 13 aliphatic heterocycles. The van der Waals surface area contributed by atoms with Gasteiger partial charge in [0.25, 0.3) is 0 Å². The van der Waals surface area contributed by atoms with Gasteiger partial charge in [-0.3, -0.25) is 20.3 Å². The van der Waals surface area contributed by atoms with Crippen LogP contribution in [-0.2, 0) is 0 Å². The van der Waals surface area contributed by atoms with Gasteiger partial charge in [0.2, 0.25) is 0 Å². The molecule has 0 unspecified atom stereocenters. The monoisotopic (exact) mass is 202 g/mol. The molecule has 0 atom stereocenters. The Morgan fingerprint density at radius 2 is 0.778 bits per heavy atom. The predicted octanol–water partition coefficient (Wildman–Crippen LogP) is -3.18. The Labute approximate surface area is 83.3 Å². The van der Waals surface area contributed by atoms with Crippen molar-refractivity contribution >= 4 is 63.9 Å². The SMILES string of the molecule is F.N12[Si]34N5[Si]16N3[Si]25N46.[CaH2]. The molecule has 3 spiro atoms. The van der Waals surface area contributed by atoms with E-state index in [0.717, 1.165) is 0 Å². The van der Waals surface area contributed by atoms with Crippen LogP contribution in [0.25, 0.3) is 0 Å². The van der Waals surface area contributed by atoms with Crippen molar-refractivity contribution in [2.24, 2.45) is 0 Å². The summed E-state index contributed by atoms with van der Waals surface area (Å²) in [6, 6.07) is 0. The van der Waals surface area contributed by atoms with Gasteiger partial charge in [0.05, 0.1) is 0 Å². The van der Waals surface area contributed by atoms with Gasteiger partial charge in [-0.1, -0.05) is 0 Å². The van der Waals surface area contributed by atoms with E-state index < -0.39 is 26.2 Å². The van der Waals surface area contributed by atoms with Crippen molar-refractivity contribution in [2.75, 3.05) is 0 Å². The van der Waals surface area contributed by atoms with Gasteiger partial charge in [-0.05, 0) is 0 Å². The van der Waals surface area contributed by atoms with E-state index in [2.05, 4.69) is 15.6 Å². The quantitative estimate of drug-likeness (QED) is 0.384. The van der Waals surface area contributed by atoms with Crippen LogP contribution in [0.15, 0.2) is 0 Å². The first kappa shape index (κ1) is 5.35. The Morgan fingerprint density at radius 1 is 0.667 bits per heavy atom. The molecule has 0 aliphatic carbocycles. The zero-order valence-corrected chi connectivity index (χ0v) is 6.70. The fourth-order valence-electron chi connectivity index (χ4n) is 3.41. The van der Waals surface area contributed by atoms with Crippen molar-refractivity contribution in [3.8, 4) is 0 Å². The third-order valence-electron chi connectivity index (χ3n) is 3.60. The average molecular weight is 202 g/mol. The van der Waals surface area contributed by atoms with Gasteiger partial charge in [-0.25, -0.2) is 0 Å². The van der Waals surface area contributed by atoms with E-state index in [1.807, 2.05) is 0 Å². The van der Waals surface area contributed by atoms with Crippen molar-refractivity contribution in [3.05, 3.63) is 0 Å². The number of nitrogens with zero attached hydrogens (tertiary/aromatic N) is 4. The normalized spacial score (nSPS) is 112. The Morgan fingerprint density at radius 3 is 0.778 bits per heavy atom. The molecule has 4 nitrogen and oxygen atoms in total. The van der Waals surface area contributed by atoms with Crippen molar-refractivity contribution in [3.63, 3.8) is 0 Å². The molecule has 0 aromatic heterocycles. The molecule has 0 saturated carbocycles. The summed E-state index contributed by atoms with van der Waals surface area (Å²) in [6.45, 7) is 0. The Hall–Kier alpha value is 1.68. The summed E-state index contributed by atoms with van der Waals surface area (Å²) in [4.78, 5) is 0. The molecular weight excluding hydrogens is 199 g/mol. The van der Waals surface area contributed by atoms with Gasteiger partial charge < -0.3 is 0 Å². The van der Waals surface area contributed by atoms with E-state index in [0.29, 0.717) is 0 Å². The molecule has 44 valence electrons. The summed E-state index contributed by atoms with van der Waals surface area (Å²) >= 11 is 0. The van der Waals surface area contributed by atoms with Crippen LogP contribution in [0.5, 0.6) is 0 Å². The summed E-state index contributed by atoms with van der Waals surface area (Å²) < 4.78 is 11.9. The molecule has 0 amide bonds. The van der Waals surface area contributed by atoms with Gasteiger partial charge in [0.1, 0.15) is 0 Å². The molecule has 0 aromatic rings. The summed E-state index contributed by atoms with van der Waals surface area (Å²) in [5.74, 6) is 0. The predicted molar refractivity (Wildman–Crippen MR) is 35.7 cm³/mol. The third kappa shape index (κ3) is 0.105. The van der Waals surface area contributed by atoms with Gasteiger partial charge >= 0.3 is 63.9 Å². The zero-order valence-electron chi connectivity index (χ0n) is 3.70. The number of hydrogen-bond donors (Lipinski definition) is 0. The van der Waals surface area contributed by atoms with Crippen LogP contribution < -0.4 is 0 Å². The van der Waals surface area contributed by atoms with Crippen LogP contribution >= 0.6 is 0 Å². The maximum absolute atomic E-state index is 2.98. The topological polar surface area (TPSA) is 13.0 Å². The van der Waals surface area contributed by atoms with E-state index in [1.54, 1.807) is 0 Å². The molecule has 13 heterocycles. The summed E-state index contributed by atoms with van der Waals surface area (Å²) in [6.07, 6.45) is 0. The molecule has 0 aromatic carbocycles. The molecule has 13 saturated heterocycles. The first-order chi connectivity index (χ1) is 3.46. The third-order valence-corrected chi connectivity index (χ3v) is 32.4. The standard InChI is InChI=1S/Ca.FH.N4Si3.2H/c;;1-5-2-6(1)3(5)7(1,2)4(5)6;;/h;1H;;;. The Bertz CT molecular complexity index is 192. The fourth-order valence-corrected chi connectivity index (χ4v) is 46.9. The molecule has 0 N–H and O–H groups in total. The second kappa shape index (κ2) is 0.727.